The van der Waals surface area contributed by atoms with Gasteiger partial charge in [-0.25, -0.2) is 4.98 Å². The minimum atomic E-state index is 0.432. The first-order chi connectivity index (χ1) is 11.8. The molecule has 0 aliphatic heterocycles. The fourth-order valence-electron chi connectivity index (χ4n) is 1.98. The number of benzene rings is 1. The molecule has 0 aliphatic rings. The quantitative estimate of drug-likeness (QED) is 0.305. The van der Waals surface area contributed by atoms with Crippen molar-refractivity contribution in [3.05, 3.63) is 42.2 Å². The minimum Gasteiger partial charge on any atom is -0.453 e. The lowest BCUT2D eigenvalue weighted by atomic mass is 10.3. The summed E-state index contributed by atoms with van der Waals surface area (Å²) in [6, 6.07) is 11.7. The molecule has 8 heteroatoms. The maximum absolute atomic E-state index is 5.75. The number of ether oxygens (including phenoxy) is 1. The molecule has 2 aromatic heterocycles. The molecule has 0 saturated carbocycles. The number of fused-ring (bicyclic) bond motifs is 1. The van der Waals surface area contributed by atoms with Gasteiger partial charge in [0.25, 0.3) is 0 Å². The van der Waals surface area contributed by atoms with Gasteiger partial charge in [-0.3, -0.25) is 5.43 Å². The first-order valence-corrected chi connectivity index (χ1v) is 8.50. The molecule has 0 spiro atoms. The normalized spacial score (nSPS) is 11.2. The van der Waals surface area contributed by atoms with Crippen molar-refractivity contribution in [2.45, 2.75) is 0 Å². The van der Waals surface area contributed by atoms with Crippen LogP contribution >= 0.6 is 23.6 Å². The molecule has 0 atom stereocenters. The van der Waals surface area contributed by atoms with Crippen LogP contribution in [0.2, 0.25) is 0 Å². The minimum absolute atomic E-state index is 0.432. The highest BCUT2D eigenvalue weighted by Gasteiger charge is 2.09. The van der Waals surface area contributed by atoms with Crippen molar-refractivity contribution in [1.82, 2.24) is 15.7 Å². The van der Waals surface area contributed by atoms with Gasteiger partial charge in [-0.15, -0.1) is 11.3 Å². The Labute approximate surface area is 148 Å². The van der Waals surface area contributed by atoms with Crippen LogP contribution in [-0.2, 0) is 4.74 Å². The lowest BCUT2D eigenvalue weighted by molar-refractivity contribution is 0.204. The van der Waals surface area contributed by atoms with Gasteiger partial charge in [0, 0.05) is 13.7 Å². The number of furan rings is 1. The maximum atomic E-state index is 5.75. The van der Waals surface area contributed by atoms with Gasteiger partial charge < -0.3 is 14.5 Å². The Hall–Kier alpha value is -2.29. The van der Waals surface area contributed by atoms with E-state index in [-0.39, 0.29) is 0 Å². The van der Waals surface area contributed by atoms with Crippen LogP contribution in [0.1, 0.15) is 5.76 Å². The van der Waals surface area contributed by atoms with E-state index in [2.05, 4.69) is 20.8 Å². The Morgan fingerprint density at radius 2 is 2.25 bits per heavy atom. The molecule has 6 nitrogen and oxygen atoms in total. The van der Waals surface area contributed by atoms with Crippen LogP contribution < -0.4 is 10.7 Å². The predicted octanol–water partition coefficient (Wildman–Crippen LogP) is 3.00. The first-order valence-electron chi connectivity index (χ1n) is 7.28. The fraction of sp³-hybridized carbons (Fsp3) is 0.188. The number of thiocarbonyl (C=S) groups is 1. The van der Waals surface area contributed by atoms with E-state index in [0.29, 0.717) is 24.0 Å². The molecule has 0 amide bonds. The zero-order valence-corrected chi connectivity index (χ0v) is 14.6. The second-order valence-corrected chi connectivity index (χ2v) is 6.25. The summed E-state index contributed by atoms with van der Waals surface area (Å²) in [6.45, 7) is 1.20. The van der Waals surface area contributed by atoms with Gasteiger partial charge in [-0.1, -0.05) is 12.1 Å². The summed E-state index contributed by atoms with van der Waals surface area (Å²) < 4.78 is 11.8. The van der Waals surface area contributed by atoms with Crippen LogP contribution in [0.15, 0.2) is 45.9 Å². The predicted molar refractivity (Wildman–Crippen MR) is 101 cm³/mol. The van der Waals surface area contributed by atoms with E-state index in [0.717, 1.165) is 21.0 Å². The Morgan fingerprint density at radius 1 is 1.38 bits per heavy atom. The number of para-hydroxylation sites is 1. The van der Waals surface area contributed by atoms with Crippen molar-refractivity contribution in [2.24, 2.45) is 5.10 Å². The lowest BCUT2D eigenvalue weighted by Gasteiger charge is -2.04. The second-order valence-electron chi connectivity index (χ2n) is 4.81. The molecule has 0 bridgehead atoms. The summed E-state index contributed by atoms with van der Waals surface area (Å²) in [4.78, 5) is 4.57. The average Bonchev–Trinajstić information content (AvgIpc) is 3.21. The van der Waals surface area contributed by atoms with Gasteiger partial charge >= 0.3 is 0 Å². The van der Waals surface area contributed by atoms with Gasteiger partial charge in [0.1, 0.15) is 5.76 Å². The molecule has 0 unspecified atom stereocenters. The Morgan fingerprint density at radius 3 is 3.08 bits per heavy atom. The zero-order chi connectivity index (χ0) is 16.8. The number of nitrogens with one attached hydrogen (secondary N) is 2. The number of hydrogen-bond acceptors (Lipinski definition) is 6. The van der Waals surface area contributed by atoms with E-state index >= 15 is 0 Å². The van der Waals surface area contributed by atoms with Crippen LogP contribution in [0.4, 0.5) is 0 Å². The van der Waals surface area contributed by atoms with Crippen LogP contribution in [0.3, 0.4) is 0 Å². The van der Waals surface area contributed by atoms with E-state index in [1.54, 1.807) is 24.7 Å². The van der Waals surface area contributed by atoms with Crippen LogP contribution in [0, 0.1) is 0 Å². The molecule has 1 aromatic carbocycles. The maximum Gasteiger partial charge on any atom is 0.187 e. The van der Waals surface area contributed by atoms with Gasteiger partial charge in [0.15, 0.2) is 15.9 Å². The number of thiazole rings is 1. The first kappa shape index (κ1) is 16.6. The number of methoxy groups -OCH3 is 1. The molecular weight excluding hydrogens is 344 g/mol. The van der Waals surface area contributed by atoms with Gasteiger partial charge in [-0.2, -0.15) is 5.10 Å². The summed E-state index contributed by atoms with van der Waals surface area (Å²) in [7, 11) is 1.64. The molecule has 2 heterocycles. The molecule has 0 fully saturated rings. The zero-order valence-electron chi connectivity index (χ0n) is 13.0. The summed E-state index contributed by atoms with van der Waals surface area (Å²) in [5.41, 5.74) is 3.69. The van der Waals surface area contributed by atoms with Crippen LogP contribution in [-0.4, -0.2) is 36.6 Å². The summed E-state index contributed by atoms with van der Waals surface area (Å²) in [5.74, 6) is 1.34. The molecular formula is C16H16N4O2S2. The van der Waals surface area contributed by atoms with Crippen molar-refractivity contribution in [1.29, 1.82) is 0 Å². The van der Waals surface area contributed by atoms with E-state index in [1.165, 1.54) is 0 Å². The molecule has 0 saturated heterocycles. The molecule has 0 radical (unpaired) electrons. The second kappa shape index (κ2) is 8.00. The number of hydrogen-bond donors (Lipinski definition) is 2. The lowest BCUT2D eigenvalue weighted by Crippen LogP contribution is -2.34. The van der Waals surface area contributed by atoms with E-state index < -0.39 is 0 Å². The molecule has 2 N–H and O–H groups in total. The molecule has 3 aromatic rings. The van der Waals surface area contributed by atoms with E-state index in [9.17, 15) is 0 Å². The molecule has 0 aliphatic carbocycles. The summed E-state index contributed by atoms with van der Waals surface area (Å²) >= 11 is 6.67. The number of nitrogens with zero attached hydrogens (tertiary/aromatic N) is 2. The highest BCUT2D eigenvalue weighted by molar-refractivity contribution is 7.80. The Bertz CT molecular complexity index is 824. The topological polar surface area (TPSA) is 71.7 Å². The van der Waals surface area contributed by atoms with Crippen molar-refractivity contribution < 1.29 is 9.15 Å². The molecule has 124 valence electrons. The van der Waals surface area contributed by atoms with Gasteiger partial charge in [-0.05, 0) is 36.5 Å². The standard InChI is InChI=1S/C16H16N4O2S2/c1-21-9-8-17-16(23)20-18-10-11-6-7-13(22-11)15-19-12-4-2-3-5-14(12)24-15/h2-7,10H,8-9H2,1H3,(H2,17,20,23)/b18-10-. The average molecular weight is 360 g/mol. The van der Waals surface area contributed by atoms with Crippen molar-refractivity contribution in [3.8, 4) is 10.8 Å². The van der Waals surface area contributed by atoms with E-state index in [1.807, 2.05) is 36.4 Å². The van der Waals surface area contributed by atoms with Gasteiger partial charge in [0.05, 0.1) is 23.0 Å². The molecule has 3 rings (SSSR count). The number of hydrazone groups is 1. The largest absolute Gasteiger partial charge is 0.453 e. The Balaban J connectivity index is 1.61. The summed E-state index contributed by atoms with van der Waals surface area (Å²) in [5, 5.41) is 8.28. The van der Waals surface area contributed by atoms with Gasteiger partial charge in [0.2, 0.25) is 0 Å². The summed E-state index contributed by atoms with van der Waals surface area (Å²) in [6.07, 6.45) is 1.57. The van der Waals surface area contributed by atoms with Crippen LogP contribution in [0.25, 0.3) is 21.0 Å². The van der Waals surface area contributed by atoms with Crippen molar-refractivity contribution >= 4 is 45.1 Å². The number of aromatic nitrogens is 1. The van der Waals surface area contributed by atoms with Crippen molar-refractivity contribution in [2.75, 3.05) is 20.3 Å². The third-order valence-corrected chi connectivity index (χ3v) is 4.37. The SMILES string of the molecule is COCCNC(=S)N/N=C\c1ccc(-c2nc3ccccc3s2)o1. The van der Waals surface area contributed by atoms with E-state index in [4.69, 9.17) is 21.4 Å². The smallest absolute Gasteiger partial charge is 0.187 e. The third kappa shape index (κ3) is 4.16. The highest BCUT2D eigenvalue weighted by Crippen LogP contribution is 2.30. The van der Waals surface area contributed by atoms with Crippen LogP contribution in [0.5, 0.6) is 0 Å². The molecule has 24 heavy (non-hydrogen) atoms. The fourth-order valence-corrected chi connectivity index (χ4v) is 3.06. The highest BCUT2D eigenvalue weighted by atomic mass is 32.1. The Kier molecular flexibility index (Phi) is 5.52. The third-order valence-electron chi connectivity index (χ3n) is 3.08. The number of rotatable bonds is 6. The monoisotopic (exact) mass is 360 g/mol. The van der Waals surface area contributed by atoms with Crippen molar-refractivity contribution in [3.63, 3.8) is 0 Å².